The first-order valence-corrected chi connectivity index (χ1v) is 11.4. The van der Waals surface area contributed by atoms with Crippen LogP contribution in [0.1, 0.15) is 39.2 Å². The second-order valence-corrected chi connectivity index (χ2v) is 9.18. The molecule has 31 heavy (non-hydrogen) atoms. The zero-order valence-electron chi connectivity index (χ0n) is 19.0. The highest BCUT2D eigenvalue weighted by atomic mass is 15.0. The number of unbranched alkanes of at least 4 members (excludes halogenated alkanes) is 1. The van der Waals surface area contributed by atoms with Crippen molar-refractivity contribution in [1.82, 2.24) is 4.57 Å². The predicted octanol–water partition coefficient (Wildman–Crippen LogP) is 6.36. The summed E-state index contributed by atoms with van der Waals surface area (Å²) in [6.45, 7) is 7.96. The molecule has 0 fully saturated rings. The number of aryl methyl sites for hydroxylation is 1. The third-order valence-electron chi connectivity index (χ3n) is 6.92. The van der Waals surface area contributed by atoms with E-state index in [1.807, 2.05) is 0 Å². The first-order valence-electron chi connectivity index (χ1n) is 11.4. The summed E-state index contributed by atoms with van der Waals surface area (Å²) in [5.74, 6) is 0. The molecule has 0 radical (unpaired) electrons. The summed E-state index contributed by atoms with van der Waals surface area (Å²) in [5.41, 5.74) is 5.38. The van der Waals surface area contributed by atoms with E-state index in [2.05, 4.69) is 116 Å². The van der Waals surface area contributed by atoms with Crippen LogP contribution in [0.15, 0.2) is 72.8 Å². The van der Waals surface area contributed by atoms with Crippen molar-refractivity contribution in [2.75, 3.05) is 7.05 Å². The van der Waals surface area contributed by atoms with Gasteiger partial charge in [0.2, 0.25) is 5.69 Å². The predicted molar refractivity (Wildman–Crippen MR) is 133 cm³/mol. The summed E-state index contributed by atoms with van der Waals surface area (Å²) in [4.78, 5) is 0. The molecule has 2 heterocycles. The molecule has 0 unspecified atom stereocenters. The van der Waals surface area contributed by atoms with Gasteiger partial charge in [-0.05, 0) is 37.8 Å². The van der Waals surface area contributed by atoms with Crippen molar-refractivity contribution in [2.45, 2.75) is 45.6 Å². The van der Waals surface area contributed by atoms with Crippen molar-refractivity contribution in [1.29, 1.82) is 0 Å². The Morgan fingerprint density at radius 3 is 2.52 bits per heavy atom. The number of rotatable bonds is 5. The summed E-state index contributed by atoms with van der Waals surface area (Å²) in [6, 6.07) is 22.1. The van der Waals surface area contributed by atoms with Crippen LogP contribution in [0.4, 0.5) is 5.69 Å². The smallest absolute Gasteiger partial charge is 0.209 e. The lowest BCUT2D eigenvalue weighted by Gasteiger charge is -2.14. The van der Waals surface area contributed by atoms with Crippen molar-refractivity contribution in [3.63, 3.8) is 0 Å². The number of nitrogens with zero attached hydrogens (tertiary/aromatic N) is 2. The minimum atomic E-state index is 0.000894. The third-order valence-corrected chi connectivity index (χ3v) is 6.92. The SMILES string of the molecule is CCCCn1/c(=C/C=C/C2=[N+](C)c3ccccc3C2(C)C)c2cccc3cccc1c32. The van der Waals surface area contributed by atoms with Gasteiger partial charge in [0.05, 0.1) is 5.41 Å². The fraction of sp³-hybridized carbons (Fsp3) is 0.276. The van der Waals surface area contributed by atoms with Crippen LogP contribution in [0, 0.1) is 0 Å². The number of para-hydroxylation sites is 1. The van der Waals surface area contributed by atoms with Crippen molar-refractivity contribution < 1.29 is 4.58 Å². The zero-order chi connectivity index (χ0) is 21.6. The largest absolute Gasteiger partial charge is 0.340 e. The van der Waals surface area contributed by atoms with Gasteiger partial charge in [0.15, 0.2) is 5.71 Å². The van der Waals surface area contributed by atoms with E-state index in [4.69, 9.17) is 0 Å². The standard InChI is InChI=1S/C29H31N2/c1-5-6-20-31-24(22-14-9-12-21-13-10-18-26(31)28(21)22)17-11-19-27-29(2,3)23-15-7-8-16-25(23)30(27)4/h7-19H,5-6,20H2,1-4H3/q+1. The molecule has 1 aliphatic heterocycles. The number of aromatic nitrogens is 1. The van der Waals surface area contributed by atoms with Gasteiger partial charge in [0.25, 0.3) is 0 Å². The molecule has 1 aromatic heterocycles. The Bertz CT molecular complexity index is 1390. The van der Waals surface area contributed by atoms with Crippen molar-refractivity contribution in [2.24, 2.45) is 0 Å². The second-order valence-electron chi connectivity index (χ2n) is 9.18. The molecule has 5 rings (SSSR count). The maximum Gasteiger partial charge on any atom is 0.209 e. The van der Waals surface area contributed by atoms with Gasteiger partial charge < -0.3 is 4.57 Å². The average Bonchev–Trinajstić information content (AvgIpc) is 3.18. The van der Waals surface area contributed by atoms with Crippen molar-refractivity contribution in [3.8, 4) is 0 Å². The molecular formula is C29H31N2+. The number of allylic oxidation sites excluding steroid dienone is 2. The second kappa shape index (κ2) is 7.53. The summed E-state index contributed by atoms with van der Waals surface area (Å²) < 4.78 is 4.84. The van der Waals surface area contributed by atoms with E-state index in [9.17, 15) is 0 Å². The Morgan fingerprint density at radius 2 is 1.74 bits per heavy atom. The zero-order valence-corrected chi connectivity index (χ0v) is 19.0. The van der Waals surface area contributed by atoms with Crippen LogP contribution in [0.2, 0.25) is 0 Å². The summed E-state index contributed by atoms with van der Waals surface area (Å²) in [7, 11) is 2.18. The molecule has 0 atom stereocenters. The van der Waals surface area contributed by atoms with E-state index in [0.29, 0.717) is 0 Å². The van der Waals surface area contributed by atoms with E-state index < -0.39 is 0 Å². The Kier molecular flexibility index (Phi) is 4.81. The highest BCUT2D eigenvalue weighted by Gasteiger charge is 2.42. The van der Waals surface area contributed by atoms with Crippen molar-refractivity contribution in [3.05, 3.63) is 83.7 Å². The molecule has 0 aliphatic carbocycles. The number of hydrogen-bond acceptors (Lipinski definition) is 0. The molecule has 2 heteroatoms. The Hall–Kier alpha value is -3.13. The average molecular weight is 408 g/mol. The fourth-order valence-electron chi connectivity index (χ4n) is 5.30. The van der Waals surface area contributed by atoms with Gasteiger partial charge in [-0.25, -0.2) is 0 Å². The molecule has 2 nitrogen and oxygen atoms in total. The molecule has 0 amide bonds. The summed E-state index contributed by atoms with van der Waals surface area (Å²) in [5, 5.41) is 5.37. The lowest BCUT2D eigenvalue weighted by Crippen LogP contribution is -2.26. The molecule has 0 bridgehead atoms. The van der Waals surface area contributed by atoms with Crippen LogP contribution in [0.5, 0.6) is 0 Å². The molecule has 0 N–H and O–H groups in total. The van der Waals surface area contributed by atoms with Gasteiger partial charge in [0, 0.05) is 45.9 Å². The Morgan fingerprint density at radius 1 is 0.968 bits per heavy atom. The molecule has 3 aromatic carbocycles. The minimum Gasteiger partial charge on any atom is -0.340 e. The summed E-state index contributed by atoms with van der Waals surface area (Å²) >= 11 is 0. The lowest BCUT2D eigenvalue weighted by atomic mass is 9.81. The Labute approximate surface area is 184 Å². The van der Waals surface area contributed by atoms with E-state index in [1.54, 1.807) is 0 Å². The fourth-order valence-corrected chi connectivity index (χ4v) is 5.30. The van der Waals surface area contributed by atoms with Crippen LogP contribution in [-0.2, 0) is 12.0 Å². The quantitative estimate of drug-likeness (QED) is 0.340. The molecule has 0 saturated heterocycles. The third kappa shape index (κ3) is 3.05. The van der Waals surface area contributed by atoms with Crippen molar-refractivity contribution >= 4 is 39.2 Å². The number of hydrogen-bond donors (Lipinski definition) is 0. The molecule has 0 spiro atoms. The first kappa shape index (κ1) is 19.8. The lowest BCUT2D eigenvalue weighted by molar-refractivity contribution is -0.401. The van der Waals surface area contributed by atoms with Gasteiger partial charge in [-0.1, -0.05) is 68.0 Å². The normalized spacial score (nSPS) is 16.3. The molecule has 4 aromatic rings. The molecule has 1 aliphatic rings. The van der Waals surface area contributed by atoms with Gasteiger partial charge in [-0.3, -0.25) is 0 Å². The van der Waals surface area contributed by atoms with E-state index in [-0.39, 0.29) is 5.41 Å². The first-order chi connectivity index (χ1) is 15.0. The van der Waals surface area contributed by atoms with Gasteiger partial charge in [0.1, 0.15) is 7.05 Å². The van der Waals surface area contributed by atoms with Gasteiger partial charge in [-0.15, -0.1) is 0 Å². The van der Waals surface area contributed by atoms with E-state index in [0.717, 1.165) is 6.54 Å². The van der Waals surface area contributed by atoms with E-state index in [1.165, 1.54) is 56.8 Å². The van der Waals surface area contributed by atoms with Crippen LogP contribution in [0.3, 0.4) is 0 Å². The molecule has 156 valence electrons. The van der Waals surface area contributed by atoms with Crippen LogP contribution in [0.25, 0.3) is 27.8 Å². The van der Waals surface area contributed by atoms with Crippen LogP contribution < -0.4 is 5.35 Å². The van der Waals surface area contributed by atoms with Gasteiger partial charge in [-0.2, -0.15) is 4.58 Å². The summed E-state index contributed by atoms with van der Waals surface area (Å²) in [6.07, 6.45) is 9.24. The maximum atomic E-state index is 2.51. The highest BCUT2D eigenvalue weighted by molar-refractivity contribution is 6.10. The maximum absolute atomic E-state index is 2.51. The van der Waals surface area contributed by atoms with E-state index >= 15 is 0 Å². The minimum absolute atomic E-state index is 0.000894. The molecule has 0 saturated carbocycles. The Balaban J connectivity index is 1.65. The molecular weight excluding hydrogens is 376 g/mol. The topological polar surface area (TPSA) is 7.94 Å². The monoisotopic (exact) mass is 407 g/mol. The number of fused-ring (bicyclic) bond motifs is 1. The highest BCUT2D eigenvalue weighted by Crippen LogP contribution is 2.38. The van der Waals surface area contributed by atoms with Crippen LogP contribution in [-0.4, -0.2) is 21.9 Å². The van der Waals surface area contributed by atoms with Gasteiger partial charge >= 0.3 is 0 Å². The number of benzene rings is 3. The van der Waals surface area contributed by atoms with Crippen LogP contribution >= 0.6 is 0 Å².